The number of rotatable bonds is 3. The van der Waals surface area contributed by atoms with Crippen LogP contribution in [0.25, 0.3) is 0 Å². The number of hydrogen-bond donors (Lipinski definition) is 1. The Bertz CT molecular complexity index is 342. The molecule has 4 nitrogen and oxygen atoms in total. The van der Waals surface area contributed by atoms with E-state index in [1.807, 2.05) is 6.92 Å². The molecular formula is C15H25NO3. The van der Waals surface area contributed by atoms with Crippen molar-refractivity contribution in [1.82, 2.24) is 5.32 Å². The van der Waals surface area contributed by atoms with Crippen molar-refractivity contribution in [3.05, 3.63) is 0 Å². The highest BCUT2D eigenvalue weighted by Gasteiger charge is 2.38. The molecule has 0 amide bonds. The second-order valence-corrected chi connectivity index (χ2v) is 5.99. The molecule has 1 N–H and O–H groups in total. The van der Waals surface area contributed by atoms with Crippen molar-refractivity contribution in [2.45, 2.75) is 52.0 Å². The number of ether oxygens (including phenoxy) is 1. The Balaban J connectivity index is 1.98. The van der Waals surface area contributed by atoms with E-state index >= 15 is 0 Å². The first-order valence-corrected chi connectivity index (χ1v) is 7.54. The molecule has 2 fully saturated rings. The van der Waals surface area contributed by atoms with Gasteiger partial charge in [0.05, 0.1) is 12.5 Å². The predicted molar refractivity (Wildman–Crippen MR) is 72.7 cm³/mol. The third-order valence-electron chi connectivity index (χ3n) is 4.50. The number of Topliss-reactive ketones (excluding diaryl/α,β-unsaturated/α-hetero) is 1. The van der Waals surface area contributed by atoms with Crippen molar-refractivity contribution in [1.29, 1.82) is 0 Å². The zero-order valence-electron chi connectivity index (χ0n) is 12.0. The second kappa shape index (κ2) is 6.51. The maximum atomic E-state index is 12.1. The molecule has 1 aliphatic carbocycles. The fraction of sp³-hybridized carbons (Fsp3) is 0.867. The summed E-state index contributed by atoms with van der Waals surface area (Å²) < 4.78 is 5.10. The first-order valence-electron chi connectivity index (χ1n) is 7.54. The molecule has 4 atom stereocenters. The first-order chi connectivity index (χ1) is 9.11. The predicted octanol–water partition coefficient (Wildman–Crippen LogP) is 1.92. The van der Waals surface area contributed by atoms with E-state index in [4.69, 9.17) is 4.74 Å². The summed E-state index contributed by atoms with van der Waals surface area (Å²) in [5, 5.41) is 3.47. The smallest absolute Gasteiger partial charge is 0.308 e. The topological polar surface area (TPSA) is 55.4 Å². The summed E-state index contributed by atoms with van der Waals surface area (Å²) in [6, 6.07) is 0.258. The molecule has 0 spiro atoms. The Labute approximate surface area is 115 Å². The Morgan fingerprint density at radius 3 is 2.84 bits per heavy atom. The molecule has 1 heterocycles. The van der Waals surface area contributed by atoms with Gasteiger partial charge in [0.15, 0.2) is 0 Å². The van der Waals surface area contributed by atoms with Crippen molar-refractivity contribution >= 4 is 11.8 Å². The van der Waals surface area contributed by atoms with E-state index in [2.05, 4.69) is 12.2 Å². The van der Waals surface area contributed by atoms with Gasteiger partial charge < -0.3 is 10.1 Å². The fourth-order valence-corrected chi connectivity index (χ4v) is 3.38. The van der Waals surface area contributed by atoms with Crippen molar-refractivity contribution in [3.8, 4) is 0 Å². The van der Waals surface area contributed by atoms with Crippen LogP contribution in [0.5, 0.6) is 0 Å². The highest BCUT2D eigenvalue weighted by atomic mass is 16.5. The number of esters is 1. The largest absolute Gasteiger partial charge is 0.466 e. The lowest BCUT2D eigenvalue weighted by atomic mass is 9.74. The van der Waals surface area contributed by atoms with Crippen LogP contribution in [0.3, 0.4) is 0 Å². The van der Waals surface area contributed by atoms with E-state index in [0.717, 1.165) is 13.0 Å². The standard InChI is InChI=1S/C15H25NO3/c1-3-19-15(18)11-4-5-14(17)12(9-11)13-8-10(2)6-7-16-13/h10-13,16H,3-9H2,1-2H3. The molecule has 1 saturated heterocycles. The summed E-state index contributed by atoms with van der Waals surface area (Å²) in [7, 11) is 0. The van der Waals surface area contributed by atoms with Gasteiger partial charge in [0.2, 0.25) is 0 Å². The third kappa shape index (κ3) is 3.56. The van der Waals surface area contributed by atoms with Crippen LogP contribution < -0.4 is 5.32 Å². The summed E-state index contributed by atoms with van der Waals surface area (Å²) in [6.07, 6.45) is 4.09. The maximum absolute atomic E-state index is 12.1. The molecule has 0 radical (unpaired) electrons. The van der Waals surface area contributed by atoms with Crippen molar-refractivity contribution < 1.29 is 14.3 Å². The van der Waals surface area contributed by atoms with Crippen LogP contribution in [0.4, 0.5) is 0 Å². The van der Waals surface area contributed by atoms with Gasteiger partial charge in [-0.2, -0.15) is 0 Å². The lowest BCUT2D eigenvalue weighted by molar-refractivity contribution is -0.150. The molecule has 0 bridgehead atoms. The van der Waals surface area contributed by atoms with Gasteiger partial charge in [-0.25, -0.2) is 0 Å². The number of ketones is 1. The normalized spacial score (nSPS) is 36.0. The monoisotopic (exact) mass is 267 g/mol. The Kier molecular flexibility index (Phi) is 4.97. The molecule has 2 rings (SSSR count). The average molecular weight is 267 g/mol. The molecule has 1 aliphatic heterocycles. The lowest BCUT2D eigenvalue weighted by Gasteiger charge is -2.37. The third-order valence-corrected chi connectivity index (χ3v) is 4.50. The van der Waals surface area contributed by atoms with Crippen molar-refractivity contribution in [3.63, 3.8) is 0 Å². The van der Waals surface area contributed by atoms with Crippen LogP contribution in [0.15, 0.2) is 0 Å². The molecule has 4 unspecified atom stereocenters. The highest BCUT2D eigenvalue weighted by molar-refractivity contribution is 5.85. The van der Waals surface area contributed by atoms with Gasteiger partial charge in [0, 0.05) is 18.4 Å². The summed E-state index contributed by atoms with van der Waals surface area (Å²) in [6.45, 7) is 5.48. The Hall–Kier alpha value is -0.900. The number of hydrogen-bond acceptors (Lipinski definition) is 4. The molecule has 1 saturated carbocycles. The molecule has 108 valence electrons. The molecule has 0 aromatic carbocycles. The minimum atomic E-state index is -0.121. The Morgan fingerprint density at radius 1 is 1.37 bits per heavy atom. The molecule has 0 aromatic rings. The van der Waals surface area contributed by atoms with Crippen LogP contribution in [-0.4, -0.2) is 30.9 Å². The molecule has 0 aromatic heterocycles. The van der Waals surface area contributed by atoms with E-state index < -0.39 is 0 Å². The Morgan fingerprint density at radius 2 is 2.16 bits per heavy atom. The van der Waals surface area contributed by atoms with Crippen molar-refractivity contribution in [2.24, 2.45) is 17.8 Å². The summed E-state index contributed by atoms with van der Waals surface area (Å²) in [4.78, 5) is 24.0. The molecule has 19 heavy (non-hydrogen) atoms. The number of nitrogens with one attached hydrogen (secondary N) is 1. The van der Waals surface area contributed by atoms with Gasteiger partial charge in [-0.15, -0.1) is 0 Å². The highest BCUT2D eigenvalue weighted by Crippen LogP contribution is 2.33. The van der Waals surface area contributed by atoms with Gasteiger partial charge in [0.1, 0.15) is 5.78 Å². The number of carbonyl (C=O) groups excluding carboxylic acids is 2. The van der Waals surface area contributed by atoms with Crippen LogP contribution in [0.2, 0.25) is 0 Å². The van der Waals surface area contributed by atoms with E-state index in [1.165, 1.54) is 6.42 Å². The fourth-order valence-electron chi connectivity index (χ4n) is 3.38. The summed E-state index contributed by atoms with van der Waals surface area (Å²) in [5.41, 5.74) is 0. The van der Waals surface area contributed by atoms with Crippen LogP contribution in [0, 0.1) is 17.8 Å². The number of carbonyl (C=O) groups is 2. The van der Waals surface area contributed by atoms with Crippen LogP contribution in [0.1, 0.15) is 46.0 Å². The molecular weight excluding hydrogens is 242 g/mol. The SMILES string of the molecule is CCOC(=O)C1CCC(=O)C(C2CC(C)CCN2)C1. The lowest BCUT2D eigenvalue weighted by Crippen LogP contribution is -2.48. The van der Waals surface area contributed by atoms with E-state index in [9.17, 15) is 9.59 Å². The molecule has 2 aliphatic rings. The van der Waals surface area contributed by atoms with E-state index in [-0.39, 0.29) is 23.8 Å². The minimum Gasteiger partial charge on any atom is -0.466 e. The van der Waals surface area contributed by atoms with Crippen LogP contribution >= 0.6 is 0 Å². The summed E-state index contributed by atoms with van der Waals surface area (Å²) in [5.74, 6) is 0.797. The summed E-state index contributed by atoms with van der Waals surface area (Å²) >= 11 is 0. The van der Waals surface area contributed by atoms with Crippen molar-refractivity contribution in [2.75, 3.05) is 13.2 Å². The zero-order chi connectivity index (χ0) is 13.8. The van der Waals surface area contributed by atoms with Gasteiger partial charge >= 0.3 is 5.97 Å². The van der Waals surface area contributed by atoms with E-state index in [1.54, 1.807) is 0 Å². The molecule has 4 heteroatoms. The van der Waals surface area contributed by atoms with E-state index in [0.29, 0.717) is 37.6 Å². The van der Waals surface area contributed by atoms with Crippen LogP contribution in [-0.2, 0) is 14.3 Å². The second-order valence-electron chi connectivity index (χ2n) is 5.99. The van der Waals surface area contributed by atoms with Gasteiger partial charge in [0.25, 0.3) is 0 Å². The van der Waals surface area contributed by atoms with Gasteiger partial charge in [-0.3, -0.25) is 9.59 Å². The van der Waals surface area contributed by atoms with Gasteiger partial charge in [-0.05, 0) is 45.1 Å². The quantitative estimate of drug-likeness (QED) is 0.794. The van der Waals surface area contributed by atoms with Gasteiger partial charge in [-0.1, -0.05) is 6.92 Å². The number of piperidine rings is 1. The average Bonchev–Trinajstić information content (AvgIpc) is 2.39. The zero-order valence-corrected chi connectivity index (χ0v) is 12.0. The maximum Gasteiger partial charge on any atom is 0.308 e. The first kappa shape index (κ1) is 14.5. The minimum absolute atomic E-state index is 0.00547.